The molecule has 11 nitrogen and oxygen atoms in total. The smallest absolute Gasteiger partial charge is 0.229 e. The van der Waals surface area contributed by atoms with Gasteiger partial charge in [0.25, 0.3) is 0 Å². The molecule has 0 aliphatic carbocycles. The predicted molar refractivity (Wildman–Crippen MR) is 200 cm³/mol. The van der Waals surface area contributed by atoms with Crippen LogP contribution in [-0.4, -0.2) is 84.3 Å². The molecule has 2 aliphatic heterocycles. The van der Waals surface area contributed by atoms with Crippen LogP contribution in [0.5, 0.6) is 17.2 Å². The average Bonchev–Trinajstić information content (AvgIpc) is 3.91. The number of carbonyl (C=O) groups excluding carboxylic acids is 1. The van der Waals surface area contributed by atoms with Crippen molar-refractivity contribution in [1.82, 2.24) is 19.8 Å². The van der Waals surface area contributed by atoms with Gasteiger partial charge < -0.3 is 43.4 Å². The van der Waals surface area contributed by atoms with Gasteiger partial charge in [0.1, 0.15) is 18.1 Å². The summed E-state index contributed by atoms with van der Waals surface area (Å²) in [6.45, 7) is 4.30. The highest BCUT2D eigenvalue weighted by Crippen LogP contribution is 2.42. The fourth-order valence-electron chi connectivity index (χ4n) is 8.00. The average molecular weight is 708 g/mol. The monoisotopic (exact) mass is 707 g/mol. The number of ether oxygens (including phenoxy) is 3. The summed E-state index contributed by atoms with van der Waals surface area (Å²) in [5.74, 6) is 4.10. The summed E-state index contributed by atoms with van der Waals surface area (Å²) in [4.78, 5) is 29.8. The first-order valence-corrected chi connectivity index (χ1v) is 18.2. The van der Waals surface area contributed by atoms with E-state index in [4.69, 9.17) is 23.6 Å². The number of hydrogen-bond acceptors (Lipinski definition) is 9. The number of hydrogen-bond donors (Lipinski definition) is 2. The van der Waals surface area contributed by atoms with Gasteiger partial charge in [0.15, 0.2) is 11.5 Å². The largest absolute Gasteiger partial charge is 0.493 e. The molecule has 5 aromatic rings. The number of nitrogens with zero attached hydrogens (tertiary/aromatic N) is 4. The van der Waals surface area contributed by atoms with Crippen LogP contribution in [0, 0.1) is 5.41 Å². The Balaban J connectivity index is 1.05. The number of aromatic amines is 1. The van der Waals surface area contributed by atoms with Gasteiger partial charge in [-0.1, -0.05) is 42.5 Å². The number of methoxy groups -OCH3 is 3. The van der Waals surface area contributed by atoms with E-state index in [0.717, 1.165) is 73.6 Å². The lowest BCUT2D eigenvalue weighted by molar-refractivity contribution is -0.137. The Morgan fingerprint density at radius 1 is 0.904 bits per heavy atom. The molecule has 1 unspecified atom stereocenters. The first-order valence-electron chi connectivity index (χ1n) is 18.2. The van der Waals surface area contributed by atoms with E-state index in [-0.39, 0.29) is 18.6 Å². The third-order valence-electron chi connectivity index (χ3n) is 10.8. The molecular weight excluding hydrogens is 658 g/mol. The summed E-state index contributed by atoms with van der Waals surface area (Å²) in [5.41, 5.74) is 3.58. The third-order valence-corrected chi connectivity index (χ3v) is 10.8. The molecule has 274 valence electrons. The Kier molecular flexibility index (Phi) is 10.7. The van der Waals surface area contributed by atoms with Gasteiger partial charge in [-0.05, 0) is 86.2 Å². The van der Waals surface area contributed by atoms with Crippen LogP contribution in [-0.2, 0) is 30.9 Å². The molecule has 2 aliphatic rings. The molecule has 0 radical (unpaired) electrons. The van der Waals surface area contributed by atoms with E-state index in [1.54, 1.807) is 21.3 Å². The zero-order valence-corrected chi connectivity index (χ0v) is 30.3. The Morgan fingerprint density at radius 2 is 1.62 bits per heavy atom. The number of piperidine rings is 1. The number of aliphatic hydroxyl groups excluding tert-OH is 1. The lowest BCUT2D eigenvalue weighted by Crippen LogP contribution is -2.46. The number of rotatable bonds is 15. The summed E-state index contributed by atoms with van der Waals surface area (Å²) in [5, 5.41) is 9.59. The molecule has 11 heteroatoms. The molecule has 2 N–H and O–H groups in total. The number of imidazole rings is 1. The lowest BCUT2D eigenvalue weighted by atomic mass is 9.77. The Hall–Kier alpha value is -5.00. The van der Waals surface area contributed by atoms with E-state index in [1.807, 2.05) is 59.5 Å². The van der Waals surface area contributed by atoms with Crippen LogP contribution in [0.3, 0.4) is 0 Å². The molecule has 0 bridgehead atoms. The first kappa shape index (κ1) is 35.4. The number of carbonyl (C=O) groups is 1. The van der Waals surface area contributed by atoms with Gasteiger partial charge in [-0.15, -0.1) is 0 Å². The Bertz CT molecular complexity index is 1890. The second-order valence-electron chi connectivity index (χ2n) is 14.0. The normalized spacial score (nSPS) is 18.3. The van der Waals surface area contributed by atoms with Gasteiger partial charge in [0.2, 0.25) is 17.6 Å². The number of amides is 1. The highest BCUT2D eigenvalue weighted by atomic mass is 16.5. The van der Waals surface area contributed by atoms with Crippen molar-refractivity contribution in [1.29, 1.82) is 0 Å². The second kappa shape index (κ2) is 15.7. The maximum absolute atomic E-state index is 14.5. The summed E-state index contributed by atoms with van der Waals surface area (Å²) >= 11 is 0. The second-order valence-corrected chi connectivity index (χ2v) is 14.0. The summed E-state index contributed by atoms with van der Waals surface area (Å²) in [7, 11) is 4.81. The molecule has 2 aromatic heterocycles. The lowest BCUT2D eigenvalue weighted by Gasteiger charge is -2.39. The minimum atomic E-state index is -0.483. The van der Waals surface area contributed by atoms with Crippen molar-refractivity contribution in [2.45, 2.75) is 57.8 Å². The predicted octanol–water partition coefficient (Wildman–Crippen LogP) is 6.20. The fourth-order valence-corrected chi connectivity index (χ4v) is 8.00. The molecule has 2 saturated heterocycles. The van der Waals surface area contributed by atoms with E-state index in [0.29, 0.717) is 49.1 Å². The van der Waals surface area contributed by atoms with Crippen molar-refractivity contribution >= 4 is 22.9 Å². The van der Waals surface area contributed by atoms with E-state index >= 15 is 0 Å². The number of nitrogens with one attached hydrogen (secondary N) is 1. The van der Waals surface area contributed by atoms with Gasteiger partial charge in [0, 0.05) is 32.2 Å². The number of aromatic nitrogens is 2. The van der Waals surface area contributed by atoms with E-state index in [2.05, 4.69) is 39.0 Å². The van der Waals surface area contributed by atoms with Crippen molar-refractivity contribution in [3.63, 3.8) is 0 Å². The van der Waals surface area contributed by atoms with Crippen LogP contribution >= 0.6 is 0 Å². The molecule has 3 aromatic carbocycles. The van der Waals surface area contributed by atoms with Gasteiger partial charge in [-0.2, -0.15) is 0 Å². The maximum Gasteiger partial charge on any atom is 0.229 e. The molecule has 1 amide bonds. The SMILES string of the molecule is COc1cc(CN2CCC(CCN3CCC(N(Cc4ccc(CO)o4)c4nc5ccccc5[nH]4)CC3)(Cc3ccccc3)C2=O)cc(OC)c1OC. The van der Waals surface area contributed by atoms with Crippen LogP contribution in [0.15, 0.2) is 83.3 Å². The van der Waals surface area contributed by atoms with Crippen LogP contribution in [0.4, 0.5) is 5.95 Å². The van der Waals surface area contributed by atoms with Crippen molar-refractivity contribution < 1.29 is 28.5 Å². The number of furan rings is 1. The van der Waals surface area contributed by atoms with Gasteiger partial charge in [0.05, 0.1) is 44.3 Å². The van der Waals surface area contributed by atoms with Gasteiger partial charge >= 0.3 is 0 Å². The highest BCUT2D eigenvalue weighted by molar-refractivity contribution is 5.85. The van der Waals surface area contributed by atoms with E-state index in [1.165, 1.54) is 5.56 Å². The zero-order chi connectivity index (χ0) is 36.1. The number of aliphatic hydroxyl groups is 1. The Morgan fingerprint density at radius 3 is 2.29 bits per heavy atom. The molecule has 0 saturated carbocycles. The minimum absolute atomic E-state index is 0.125. The summed E-state index contributed by atoms with van der Waals surface area (Å²) in [6, 6.07) is 26.4. The summed E-state index contributed by atoms with van der Waals surface area (Å²) < 4.78 is 22.6. The number of likely N-dealkylation sites (tertiary alicyclic amines) is 2. The first-order chi connectivity index (χ1) is 25.4. The number of benzene rings is 3. The molecule has 1 atom stereocenters. The van der Waals surface area contributed by atoms with Crippen LogP contribution in [0.2, 0.25) is 0 Å². The highest BCUT2D eigenvalue weighted by Gasteiger charge is 2.46. The Labute approximate surface area is 305 Å². The van der Waals surface area contributed by atoms with E-state index in [9.17, 15) is 9.90 Å². The quantitative estimate of drug-likeness (QED) is 0.131. The standard InChI is InChI=1S/C41H49N5O6/c1-49-36-23-30(24-37(50-2)38(36)51-3)26-45-22-18-41(39(45)48,25-29-9-5-4-6-10-29)17-21-44-19-15-31(16-20-44)46(27-32-13-14-33(28-47)52-32)40-42-34-11-7-8-12-35(34)43-40/h4-14,23-24,31,47H,15-22,25-28H2,1-3H3,(H,42,43). The number of para-hydroxylation sites is 2. The topological polar surface area (TPSA) is 117 Å². The number of fused-ring (bicyclic) bond motifs is 1. The van der Waals surface area contributed by atoms with Crippen molar-refractivity contribution in [2.24, 2.45) is 5.41 Å². The molecule has 7 rings (SSSR count). The molecular formula is C41H49N5O6. The maximum atomic E-state index is 14.5. The van der Waals surface area contributed by atoms with Crippen molar-refractivity contribution in [2.75, 3.05) is 52.4 Å². The van der Waals surface area contributed by atoms with Crippen LogP contribution in [0.1, 0.15) is 48.3 Å². The zero-order valence-electron chi connectivity index (χ0n) is 30.3. The minimum Gasteiger partial charge on any atom is -0.493 e. The van der Waals surface area contributed by atoms with E-state index < -0.39 is 5.41 Å². The molecule has 52 heavy (non-hydrogen) atoms. The molecule has 0 spiro atoms. The fraction of sp³-hybridized carbons (Fsp3) is 0.415. The third kappa shape index (κ3) is 7.47. The molecule has 2 fully saturated rings. The van der Waals surface area contributed by atoms with Crippen LogP contribution < -0.4 is 19.1 Å². The number of H-pyrrole nitrogens is 1. The van der Waals surface area contributed by atoms with Crippen molar-refractivity contribution in [3.05, 3.63) is 102 Å². The van der Waals surface area contributed by atoms with Crippen molar-refractivity contribution in [3.8, 4) is 17.2 Å². The number of anilines is 1. The summed E-state index contributed by atoms with van der Waals surface area (Å²) in [6.07, 6.45) is 4.23. The molecule has 4 heterocycles. The van der Waals surface area contributed by atoms with Crippen LogP contribution in [0.25, 0.3) is 11.0 Å². The van der Waals surface area contributed by atoms with Gasteiger partial charge in [-0.25, -0.2) is 4.98 Å². The van der Waals surface area contributed by atoms with Gasteiger partial charge in [-0.3, -0.25) is 4.79 Å².